The number of Topliss-reactive ketones (excluding diaryl/α,β-unsaturated/α-hetero) is 1. The standard InChI is InChI=1S/C13H21N3O6/c1-6(4-10(18)7(2)15-8(3)17)12(20)16-9(13(21)22)5-11(14)19/h6-7,9H,4-5H2,1-3H3,(H2,14,19)(H,15,17)(H,16,20)(H,21,22)/t6-,7-,9-/m0/s1. The Morgan fingerprint density at radius 2 is 1.59 bits per heavy atom. The highest BCUT2D eigenvalue weighted by atomic mass is 16.4. The highest BCUT2D eigenvalue weighted by Gasteiger charge is 2.26. The summed E-state index contributed by atoms with van der Waals surface area (Å²) in [6.07, 6.45) is -0.708. The Morgan fingerprint density at radius 1 is 1.05 bits per heavy atom. The molecule has 0 aromatic rings. The average Bonchev–Trinajstić information content (AvgIpc) is 2.35. The highest BCUT2D eigenvalue weighted by molar-refractivity contribution is 5.93. The first-order chi connectivity index (χ1) is 10.0. The fourth-order valence-corrected chi connectivity index (χ4v) is 1.67. The molecule has 0 unspecified atom stereocenters. The molecule has 22 heavy (non-hydrogen) atoms. The lowest BCUT2D eigenvalue weighted by molar-refractivity contribution is -0.144. The predicted octanol–water partition coefficient (Wildman–Crippen LogP) is -1.45. The van der Waals surface area contributed by atoms with E-state index in [0.29, 0.717) is 0 Å². The van der Waals surface area contributed by atoms with Crippen LogP contribution < -0.4 is 16.4 Å². The van der Waals surface area contributed by atoms with Crippen LogP contribution in [0.5, 0.6) is 0 Å². The van der Waals surface area contributed by atoms with Crippen molar-refractivity contribution in [2.75, 3.05) is 0 Å². The summed E-state index contributed by atoms with van der Waals surface area (Å²) in [4.78, 5) is 56.2. The Hall–Kier alpha value is -2.45. The van der Waals surface area contributed by atoms with Crippen molar-refractivity contribution in [2.45, 2.75) is 45.7 Å². The van der Waals surface area contributed by atoms with E-state index in [-0.39, 0.29) is 18.1 Å². The molecule has 0 aliphatic rings. The van der Waals surface area contributed by atoms with E-state index in [1.807, 2.05) is 0 Å². The van der Waals surface area contributed by atoms with Gasteiger partial charge in [0, 0.05) is 19.3 Å². The zero-order chi connectivity index (χ0) is 17.4. The molecule has 0 fully saturated rings. The number of carbonyl (C=O) groups is 5. The normalized spacial score (nSPS) is 14.3. The maximum atomic E-state index is 11.9. The fourth-order valence-electron chi connectivity index (χ4n) is 1.67. The number of nitrogens with two attached hydrogens (primary N) is 1. The van der Waals surface area contributed by atoms with Crippen LogP contribution in [-0.2, 0) is 24.0 Å². The summed E-state index contributed by atoms with van der Waals surface area (Å²) >= 11 is 0. The molecule has 0 bridgehead atoms. The summed E-state index contributed by atoms with van der Waals surface area (Å²) in [6, 6.07) is -2.18. The Bertz CT molecular complexity index is 476. The zero-order valence-electron chi connectivity index (χ0n) is 12.7. The van der Waals surface area contributed by atoms with Crippen LogP contribution in [-0.4, -0.2) is 46.7 Å². The van der Waals surface area contributed by atoms with Gasteiger partial charge in [-0.3, -0.25) is 19.2 Å². The van der Waals surface area contributed by atoms with Crippen LogP contribution >= 0.6 is 0 Å². The quantitative estimate of drug-likeness (QED) is 0.408. The van der Waals surface area contributed by atoms with Crippen molar-refractivity contribution >= 4 is 29.5 Å². The smallest absolute Gasteiger partial charge is 0.326 e. The summed E-state index contributed by atoms with van der Waals surface area (Å²) in [7, 11) is 0. The summed E-state index contributed by atoms with van der Waals surface area (Å²) in [6.45, 7) is 4.19. The number of carbonyl (C=O) groups excluding carboxylic acids is 4. The molecule has 3 atom stereocenters. The van der Waals surface area contributed by atoms with Crippen LogP contribution in [0.1, 0.15) is 33.6 Å². The van der Waals surface area contributed by atoms with Crippen molar-refractivity contribution in [3.63, 3.8) is 0 Å². The van der Waals surface area contributed by atoms with Gasteiger partial charge in [0.05, 0.1) is 12.5 Å². The van der Waals surface area contributed by atoms with Gasteiger partial charge < -0.3 is 21.5 Å². The molecule has 0 heterocycles. The molecule has 0 aliphatic heterocycles. The third kappa shape index (κ3) is 7.36. The van der Waals surface area contributed by atoms with E-state index >= 15 is 0 Å². The minimum absolute atomic E-state index is 0.170. The topological polar surface area (TPSA) is 156 Å². The zero-order valence-corrected chi connectivity index (χ0v) is 12.7. The average molecular weight is 315 g/mol. The van der Waals surface area contributed by atoms with Crippen LogP contribution in [0.4, 0.5) is 0 Å². The van der Waals surface area contributed by atoms with Crippen molar-refractivity contribution in [1.29, 1.82) is 0 Å². The number of primary amides is 1. The van der Waals surface area contributed by atoms with E-state index in [9.17, 15) is 24.0 Å². The summed E-state index contributed by atoms with van der Waals surface area (Å²) < 4.78 is 0. The SMILES string of the molecule is CC(=O)N[C@@H](C)C(=O)C[C@H](C)C(=O)N[C@@H](CC(N)=O)C(=O)O. The van der Waals surface area contributed by atoms with Gasteiger partial charge in [-0.1, -0.05) is 6.92 Å². The number of carboxylic acid groups (broad SMARTS) is 1. The second-order valence-corrected chi connectivity index (χ2v) is 5.06. The lowest BCUT2D eigenvalue weighted by atomic mass is 9.99. The van der Waals surface area contributed by atoms with Gasteiger partial charge in [0.15, 0.2) is 5.78 Å². The molecule has 9 nitrogen and oxygen atoms in total. The lowest BCUT2D eigenvalue weighted by Crippen LogP contribution is -2.46. The third-order valence-electron chi connectivity index (χ3n) is 2.88. The van der Waals surface area contributed by atoms with Gasteiger partial charge in [0.25, 0.3) is 0 Å². The van der Waals surface area contributed by atoms with E-state index < -0.39 is 42.2 Å². The Labute approximate surface area is 127 Å². The van der Waals surface area contributed by atoms with Crippen molar-refractivity contribution in [1.82, 2.24) is 10.6 Å². The molecule has 5 N–H and O–H groups in total. The molecule has 124 valence electrons. The lowest BCUT2D eigenvalue weighted by Gasteiger charge is -2.18. The molecule has 0 radical (unpaired) electrons. The van der Waals surface area contributed by atoms with Crippen LogP contribution in [0.25, 0.3) is 0 Å². The second-order valence-electron chi connectivity index (χ2n) is 5.06. The van der Waals surface area contributed by atoms with Crippen LogP contribution in [0, 0.1) is 5.92 Å². The predicted molar refractivity (Wildman–Crippen MR) is 75.4 cm³/mol. The van der Waals surface area contributed by atoms with Gasteiger partial charge in [-0.2, -0.15) is 0 Å². The number of hydrogen-bond acceptors (Lipinski definition) is 5. The maximum Gasteiger partial charge on any atom is 0.326 e. The number of amides is 3. The monoisotopic (exact) mass is 315 g/mol. The molecule has 0 aromatic heterocycles. The number of rotatable bonds is 9. The van der Waals surface area contributed by atoms with E-state index in [0.717, 1.165) is 0 Å². The summed E-state index contributed by atoms with van der Waals surface area (Å²) in [5.74, 6) is -4.48. The van der Waals surface area contributed by atoms with Gasteiger partial charge in [-0.05, 0) is 6.92 Å². The number of carboxylic acids is 1. The third-order valence-corrected chi connectivity index (χ3v) is 2.88. The van der Waals surface area contributed by atoms with Crippen molar-refractivity contribution in [3.8, 4) is 0 Å². The molecule has 0 aliphatic carbocycles. The van der Waals surface area contributed by atoms with Gasteiger partial charge >= 0.3 is 5.97 Å². The van der Waals surface area contributed by atoms with Gasteiger partial charge in [0.2, 0.25) is 17.7 Å². The van der Waals surface area contributed by atoms with Crippen molar-refractivity contribution in [3.05, 3.63) is 0 Å². The second kappa shape index (κ2) is 8.75. The molecular weight excluding hydrogens is 294 g/mol. The highest BCUT2D eigenvalue weighted by Crippen LogP contribution is 2.06. The van der Waals surface area contributed by atoms with Gasteiger partial charge in [-0.25, -0.2) is 4.79 Å². The molecule has 0 saturated heterocycles. The van der Waals surface area contributed by atoms with E-state index in [1.54, 1.807) is 0 Å². The Morgan fingerprint density at radius 3 is 2.00 bits per heavy atom. The number of aliphatic carboxylic acids is 1. The molecule has 0 saturated carbocycles. The number of hydrogen-bond donors (Lipinski definition) is 4. The Kier molecular flexibility index (Phi) is 7.78. The van der Waals surface area contributed by atoms with Crippen LogP contribution in [0.15, 0.2) is 0 Å². The fraction of sp³-hybridized carbons (Fsp3) is 0.615. The Balaban J connectivity index is 4.58. The van der Waals surface area contributed by atoms with E-state index in [2.05, 4.69) is 10.6 Å². The first-order valence-electron chi connectivity index (χ1n) is 6.65. The maximum absolute atomic E-state index is 11.9. The molecule has 9 heteroatoms. The largest absolute Gasteiger partial charge is 0.480 e. The van der Waals surface area contributed by atoms with Crippen molar-refractivity contribution < 1.29 is 29.1 Å². The minimum atomic E-state index is -1.43. The number of ketones is 1. The van der Waals surface area contributed by atoms with E-state index in [4.69, 9.17) is 10.8 Å². The van der Waals surface area contributed by atoms with Crippen molar-refractivity contribution in [2.24, 2.45) is 11.7 Å². The summed E-state index contributed by atoms with van der Waals surface area (Å²) in [5, 5.41) is 13.4. The number of nitrogens with one attached hydrogen (secondary N) is 2. The molecule has 0 rings (SSSR count). The van der Waals surface area contributed by atoms with Crippen LogP contribution in [0.2, 0.25) is 0 Å². The van der Waals surface area contributed by atoms with E-state index in [1.165, 1.54) is 20.8 Å². The summed E-state index contributed by atoms with van der Waals surface area (Å²) in [5.41, 5.74) is 4.90. The first kappa shape index (κ1) is 19.6. The molecular formula is C13H21N3O6. The van der Waals surface area contributed by atoms with Gasteiger partial charge in [0.1, 0.15) is 6.04 Å². The first-order valence-corrected chi connectivity index (χ1v) is 6.65. The molecule has 3 amide bonds. The molecule has 0 aromatic carbocycles. The van der Waals surface area contributed by atoms with Gasteiger partial charge in [-0.15, -0.1) is 0 Å². The molecule has 0 spiro atoms. The minimum Gasteiger partial charge on any atom is -0.480 e. The van der Waals surface area contributed by atoms with Crippen LogP contribution in [0.3, 0.4) is 0 Å².